The third-order valence-corrected chi connectivity index (χ3v) is 4.06. The molecule has 0 amide bonds. The average Bonchev–Trinajstić information content (AvgIpc) is 3.13. The Hall–Kier alpha value is -1.06. The largest absolute Gasteiger partial charge is 0.496 e. The molecule has 0 aromatic heterocycles. The van der Waals surface area contributed by atoms with Gasteiger partial charge in [-0.15, -0.1) is 24.0 Å². The van der Waals surface area contributed by atoms with Gasteiger partial charge in [-0.2, -0.15) is 0 Å². The van der Waals surface area contributed by atoms with Gasteiger partial charge in [0.15, 0.2) is 5.96 Å². The Labute approximate surface area is 174 Å². The zero-order valence-corrected chi connectivity index (χ0v) is 18.4. The molecule has 2 rings (SSSR count). The Balaban J connectivity index is 0.00000338. The van der Waals surface area contributed by atoms with Crippen LogP contribution in [0.2, 0.25) is 0 Å². The van der Waals surface area contributed by atoms with Crippen LogP contribution in [0.4, 0.5) is 0 Å². The zero-order valence-electron chi connectivity index (χ0n) is 16.0. The van der Waals surface area contributed by atoms with Crippen LogP contribution in [-0.2, 0) is 16.0 Å². The van der Waals surface area contributed by atoms with Crippen LogP contribution in [0, 0.1) is 6.92 Å². The minimum Gasteiger partial charge on any atom is -0.496 e. The van der Waals surface area contributed by atoms with Gasteiger partial charge in [0.2, 0.25) is 0 Å². The Bertz CT molecular complexity index is 549. The van der Waals surface area contributed by atoms with Crippen LogP contribution >= 0.6 is 24.0 Å². The molecule has 0 saturated carbocycles. The number of aliphatic imine (C=N–C) groups is 1. The van der Waals surface area contributed by atoms with Gasteiger partial charge >= 0.3 is 0 Å². The molecule has 1 aromatic carbocycles. The monoisotopic (exact) mass is 477 g/mol. The van der Waals surface area contributed by atoms with E-state index in [4.69, 9.17) is 14.2 Å². The normalized spacial score (nSPS) is 16.9. The minimum absolute atomic E-state index is 0. The molecule has 26 heavy (non-hydrogen) atoms. The molecule has 1 saturated heterocycles. The van der Waals surface area contributed by atoms with Crippen molar-refractivity contribution in [2.24, 2.45) is 4.99 Å². The first kappa shape index (κ1) is 23.0. The zero-order chi connectivity index (χ0) is 17.9. The van der Waals surface area contributed by atoms with E-state index in [0.717, 1.165) is 43.3 Å². The van der Waals surface area contributed by atoms with Crippen LogP contribution in [0.25, 0.3) is 0 Å². The number of guanidine groups is 1. The summed E-state index contributed by atoms with van der Waals surface area (Å²) in [5.74, 6) is 1.66. The van der Waals surface area contributed by atoms with Gasteiger partial charge in [0.1, 0.15) is 5.75 Å². The molecule has 0 bridgehead atoms. The van der Waals surface area contributed by atoms with Crippen LogP contribution < -0.4 is 15.4 Å². The molecule has 1 heterocycles. The number of hydrogen-bond acceptors (Lipinski definition) is 4. The van der Waals surface area contributed by atoms with E-state index in [9.17, 15) is 0 Å². The highest BCUT2D eigenvalue weighted by molar-refractivity contribution is 14.0. The van der Waals surface area contributed by atoms with E-state index in [1.807, 2.05) is 6.07 Å². The van der Waals surface area contributed by atoms with E-state index in [1.165, 1.54) is 5.56 Å². The number of nitrogens with one attached hydrogen (secondary N) is 2. The Morgan fingerprint density at radius 2 is 2.19 bits per heavy atom. The number of nitrogens with zero attached hydrogens (tertiary/aromatic N) is 1. The van der Waals surface area contributed by atoms with Gasteiger partial charge in [0.25, 0.3) is 0 Å². The molecule has 148 valence electrons. The molecule has 2 N–H and O–H groups in total. The van der Waals surface area contributed by atoms with Crippen molar-refractivity contribution in [3.63, 3.8) is 0 Å². The number of halogens is 1. The van der Waals surface area contributed by atoms with Crippen molar-refractivity contribution in [2.45, 2.75) is 39.3 Å². The van der Waals surface area contributed by atoms with Crippen LogP contribution in [0.15, 0.2) is 23.2 Å². The minimum atomic E-state index is 0. The van der Waals surface area contributed by atoms with Gasteiger partial charge in [-0.05, 0) is 38.3 Å². The summed E-state index contributed by atoms with van der Waals surface area (Å²) in [6.07, 6.45) is 2.53. The third kappa shape index (κ3) is 8.09. The van der Waals surface area contributed by atoms with Crippen molar-refractivity contribution >= 4 is 29.9 Å². The molecule has 0 spiro atoms. The van der Waals surface area contributed by atoms with Crippen molar-refractivity contribution in [3.8, 4) is 5.75 Å². The van der Waals surface area contributed by atoms with Crippen molar-refractivity contribution in [3.05, 3.63) is 29.3 Å². The summed E-state index contributed by atoms with van der Waals surface area (Å²) >= 11 is 0. The van der Waals surface area contributed by atoms with Crippen molar-refractivity contribution in [2.75, 3.05) is 40.0 Å². The lowest BCUT2D eigenvalue weighted by atomic mass is 10.1. The lowest BCUT2D eigenvalue weighted by Crippen LogP contribution is -2.39. The molecule has 0 aliphatic carbocycles. The lowest BCUT2D eigenvalue weighted by Gasteiger charge is -2.14. The quantitative estimate of drug-likeness (QED) is 0.248. The fourth-order valence-corrected chi connectivity index (χ4v) is 2.72. The van der Waals surface area contributed by atoms with Gasteiger partial charge in [-0.1, -0.05) is 12.1 Å². The summed E-state index contributed by atoms with van der Waals surface area (Å²) in [7, 11) is 1.69. The topological polar surface area (TPSA) is 64.1 Å². The standard InChI is InChI=1S/C19H31N3O3.HI/c1-4-20-19(21-9-11-24-14-17-6-5-10-25-17)22-13-16-8-7-15(2)12-18(16)23-3;/h7-8,12,17H,4-6,9-11,13-14H2,1-3H3,(H2,20,21,22);1H. The Morgan fingerprint density at radius 1 is 1.35 bits per heavy atom. The molecule has 1 aliphatic heterocycles. The van der Waals surface area contributed by atoms with Crippen LogP contribution in [-0.4, -0.2) is 52.1 Å². The predicted molar refractivity (Wildman–Crippen MR) is 116 cm³/mol. The Morgan fingerprint density at radius 3 is 2.88 bits per heavy atom. The highest BCUT2D eigenvalue weighted by Crippen LogP contribution is 2.20. The van der Waals surface area contributed by atoms with Gasteiger partial charge in [0.05, 0.1) is 33.0 Å². The van der Waals surface area contributed by atoms with Crippen molar-refractivity contribution < 1.29 is 14.2 Å². The van der Waals surface area contributed by atoms with Gasteiger partial charge in [-0.25, -0.2) is 4.99 Å². The molecular weight excluding hydrogens is 445 g/mol. The fourth-order valence-electron chi connectivity index (χ4n) is 2.72. The highest BCUT2D eigenvalue weighted by atomic mass is 127. The van der Waals surface area contributed by atoms with E-state index in [0.29, 0.717) is 26.3 Å². The molecular formula is C19H32IN3O3. The van der Waals surface area contributed by atoms with Gasteiger partial charge in [0, 0.05) is 25.3 Å². The number of ether oxygens (including phenoxy) is 3. The smallest absolute Gasteiger partial charge is 0.191 e. The number of rotatable bonds is 9. The molecule has 1 aliphatic rings. The van der Waals surface area contributed by atoms with E-state index in [-0.39, 0.29) is 30.1 Å². The summed E-state index contributed by atoms with van der Waals surface area (Å²) in [6.45, 7) is 8.38. The molecule has 6 nitrogen and oxygen atoms in total. The summed E-state index contributed by atoms with van der Waals surface area (Å²) in [5, 5.41) is 6.55. The van der Waals surface area contributed by atoms with Gasteiger partial charge in [-0.3, -0.25) is 0 Å². The summed E-state index contributed by atoms with van der Waals surface area (Å²) in [6, 6.07) is 6.17. The molecule has 1 atom stereocenters. The number of hydrogen-bond donors (Lipinski definition) is 2. The maximum Gasteiger partial charge on any atom is 0.191 e. The van der Waals surface area contributed by atoms with Crippen LogP contribution in [0.3, 0.4) is 0 Å². The van der Waals surface area contributed by atoms with E-state index in [1.54, 1.807) is 7.11 Å². The van der Waals surface area contributed by atoms with E-state index in [2.05, 4.69) is 41.6 Å². The first-order valence-corrected chi connectivity index (χ1v) is 9.08. The second-order valence-corrected chi connectivity index (χ2v) is 6.15. The summed E-state index contributed by atoms with van der Waals surface area (Å²) in [5.41, 5.74) is 2.25. The number of aryl methyl sites for hydroxylation is 1. The van der Waals surface area contributed by atoms with Crippen molar-refractivity contribution in [1.82, 2.24) is 10.6 Å². The first-order valence-electron chi connectivity index (χ1n) is 9.08. The van der Waals surface area contributed by atoms with Crippen molar-refractivity contribution in [1.29, 1.82) is 0 Å². The molecule has 7 heteroatoms. The number of methoxy groups -OCH3 is 1. The second kappa shape index (κ2) is 13.2. The third-order valence-electron chi connectivity index (χ3n) is 4.06. The number of benzene rings is 1. The molecule has 0 radical (unpaired) electrons. The molecule has 1 unspecified atom stereocenters. The van der Waals surface area contributed by atoms with E-state index < -0.39 is 0 Å². The van der Waals surface area contributed by atoms with E-state index >= 15 is 0 Å². The lowest BCUT2D eigenvalue weighted by molar-refractivity contribution is 0.0191. The van der Waals surface area contributed by atoms with Crippen LogP contribution in [0.1, 0.15) is 30.9 Å². The Kier molecular flexibility index (Phi) is 11.6. The first-order chi connectivity index (χ1) is 12.2. The predicted octanol–water partition coefficient (Wildman–Crippen LogP) is 2.87. The maximum atomic E-state index is 5.67. The molecule has 1 aromatic rings. The molecule has 1 fully saturated rings. The SMILES string of the molecule is CCNC(=NCc1ccc(C)cc1OC)NCCOCC1CCCO1.I. The summed E-state index contributed by atoms with van der Waals surface area (Å²) < 4.78 is 16.7. The second-order valence-electron chi connectivity index (χ2n) is 6.15. The summed E-state index contributed by atoms with van der Waals surface area (Å²) in [4.78, 5) is 4.63. The maximum absolute atomic E-state index is 5.67. The van der Waals surface area contributed by atoms with Crippen LogP contribution in [0.5, 0.6) is 5.75 Å². The highest BCUT2D eigenvalue weighted by Gasteiger charge is 2.14. The average molecular weight is 477 g/mol. The van der Waals surface area contributed by atoms with Gasteiger partial charge < -0.3 is 24.8 Å². The fraction of sp³-hybridized carbons (Fsp3) is 0.632.